The van der Waals surface area contributed by atoms with Gasteiger partial charge in [-0.3, -0.25) is 9.78 Å². The second-order valence-corrected chi connectivity index (χ2v) is 4.34. The number of aromatic nitrogens is 1. The minimum atomic E-state index is -2.13. The Hall–Kier alpha value is -1.78. The summed E-state index contributed by atoms with van der Waals surface area (Å²) >= 11 is 0. The lowest BCUT2D eigenvalue weighted by molar-refractivity contribution is -0.134. The van der Waals surface area contributed by atoms with E-state index in [0.717, 1.165) is 10.9 Å². The van der Waals surface area contributed by atoms with Crippen LogP contribution >= 0.6 is 0 Å². The number of fused-ring (bicyclic) bond motifs is 1. The van der Waals surface area contributed by atoms with Crippen LogP contribution in [-0.2, 0) is 11.2 Å². The Morgan fingerprint density at radius 1 is 1.18 bits per heavy atom. The van der Waals surface area contributed by atoms with E-state index in [1.54, 1.807) is 0 Å². The molecule has 1 fully saturated rings. The number of Topliss-reactive ketones (excluding diaryl/α,β-unsaturated/α-hetero) is 1. The number of pyridine rings is 1. The first-order chi connectivity index (χ1) is 8.09. The minimum absolute atomic E-state index is 0.274. The summed E-state index contributed by atoms with van der Waals surface area (Å²) in [4.78, 5) is 15.5. The lowest BCUT2D eigenvalue weighted by Gasteiger charge is -2.02. The molecule has 86 valence electrons. The van der Waals surface area contributed by atoms with Gasteiger partial charge in [0.1, 0.15) is 0 Å². The average molecular weight is 229 g/mol. The molecule has 2 aromatic rings. The second kappa shape index (κ2) is 3.35. The fourth-order valence-electron chi connectivity index (χ4n) is 2.00. The van der Waals surface area contributed by atoms with E-state index in [2.05, 4.69) is 4.98 Å². The number of hydrogen-bond acceptors (Lipinski definition) is 4. The van der Waals surface area contributed by atoms with Gasteiger partial charge in [0.05, 0.1) is 11.4 Å². The summed E-state index contributed by atoms with van der Waals surface area (Å²) in [6, 6.07) is 11.4. The van der Waals surface area contributed by atoms with E-state index in [9.17, 15) is 15.0 Å². The smallest absolute Gasteiger partial charge is 0.235 e. The Balaban J connectivity index is 1.90. The molecular weight excluding hydrogens is 218 g/mol. The van der Waals surface area contributed by atoms with E-state index < -0.39 is 17.5 Å². The molecule has 0 saturated heterocycles. The summed E-state index contributed by atoms with van der Waals surface area (Å²) in [6.45, 7) is 0. The normalized spacial score (nSPS) is 21.8. The van der Waals surface area contributed by atoms with Crippen molar-refractivity contribution < 1.29 is 15.0 Å². The molecule has 0 amide bonds. The molecule has 1 unspecified atom stereocenters. The minimum Gasteiger partial charge on any atom is -0.359 e. The molecule has 1 heterocycles. The van der Waals surface area contributed by atoms with Crippen molar-refractivity contribution in [2.45, 2.75) is 12.2 Å². The van der Waals surface area contributed by atoms with Gasteiger partial charge in [-0.2, -0.15) is 0 Å². The first kappa shape index (κ1) is 10.4. The zero-order chi connectivity index (χ0) is 12.0. The molecule has 1 aromatic carbocycles. The third kappa shape index (κ3) is 1.62. The summed E-state index contributed by atoms with van der Waals surface area (Å²) in [5.41, 5.74) is 1.55. The number of nitrogens with zero attached hydrogens (tertiary/aromatic N) is 1. The Morgan fingerprint density at radius 2 is 1.88 bits per heavy atom. The first-order valence-electron chi connectivity index (χ1n) is 5.43. The fourth-order valence-corrected chi connectivity index (χ4v) is 2.00. The van der Waals surface area contributed by atoms with Crippen LogP contribution in [0.15, 0.2) is 36.4 Å². The van der Waals surface area contributed by atoms with Crippen LogP contribution in [0.1, 0.15) is 5.69 Å². The number of hydrogen-bond donors (Lipinski definition) is 2. The first-order valence-corrected chi connectivity index (χ1v) is 5.43. The summed E-state index contributed by atoms with van der Waals surface area (Å²) < 4.78 is 0. The van der Waals surface area contributed by atoms with E-state index in [-0.39, 0.29) is 6.42 Å². The maximum absolute atomic E-state index is 11.1. The van der Waals surface area contributed by atoms with Gasteiger partial charge in [0.15, 0.2) is 0 Å². The number of para-hydroxylation sites is 1. The van der Waals surface area contributed by atoms with Crippen LogP contribution in [0.25, 0.3) is 10.9 Å². The Morgan fingerprint density at radius 3 is 2.59 bits per heavy atom. The van der Waals surface area contributed by atoms with Crippen LogP contribution in [0, 0.1) is 5.92 Å². The van der Waals surface area contributed by atoms with Gasteiger partial charge in [-0.15, -0.1) is 0 Å². The van der Waals surface area contributed by atoms with Crippen molar-refractivity contribution in [3.8, 4) is 0 Å². The van der Waals surface area contributed by atoms with Crippen LogP contribution in [0.2, 0.25) is 0 Å². The number of carbonyl (C=O) groups is 1. The zero-order valence-corrected chi connectivity index (χ0v) is 9.00. The van der Waals surface area contributed by atoms with Gasteiger partial charge in [-0.25, -0.2) is 0 Å². The van der Waals surface area contributed by atoms with Crippen LogP contribution in [0.4, 0.5) is 0 Å². The van der Waals surface area contributed by atoms with Gasteiger partial charge in [-0.05, 0) is 12.1 Å². The highest BCUT2D eigenvalue weighted by atomic mass is 16.5. The highest BCUT2D eigenvalue weighted by molar-refractivity contribution is 6.04. The van der Waals surface area contributed by atoms with E-state index in [0.29, 0.717) is 5.69 Å². The number of ketones is 1. The molecule has 1 aliphatic rings. The molecule has 2 N–H and O–H groups in total. The van der Waals surface area contributed by atoms with Gasteiger partial charge < -0.3 is 10.2 Å². The average Bonchev–Trinajstić information content (AvgIpc) is 2.79. The maximum atomic E-state index is 11.1. The summed E-state index contributed by atoms with van der Waals surface area (Å²) in [5, 5.41) is 19.5. The molecule has 0 bridgehead atoms. The highest BCUT2D eigenvalue weighted by Crippen LogP contribution is 2.38. The van der Waals surface area contributed by atoms with Gasteiger partial charge >= 0.3 is 0 Å². The monoisotopic (exact) mass is 229 g/mol. The van der Waals surface area contributed by atoms with Crippen molar-refractivity contribution in [1.29, 1.82) is 0 Å². The van der Waals surface area contributed by atoms with Gasteiger partial charge in [-0.1, -0.05) is 24.3 Å². The summed E-state index contributed by atoms with van der Waals surface area (Å²) in [7, 11) is 0. The van der Waals surface area contributed by atoms with Gasteiger partial charge in [0.2, 0.25) is 11.6 Å². The molecule has 4 heteroatoms. The zero-order valence-electron chi connectivity index (χ0n) is 9.00. The Kier molecular flexibility index (Phi) is 2.05. The highest BCUT2D eigenvalue weighted by Gasteiger charge is 2.63. The van der Waals surface area contributed by atoms with Crippen molar-refractivity contribution in [2.75, 3.05) is 0 Å². The molecule has 17 heavy (non-hydrogen) atoms. The van der Waals surface area contributed by atoms with Crippen LogP contribution in [0.5, 0.6) is 0 Å². The van der Waals surface area contributed by atoms with Crippen molar-refractivity contribution in [2.24, 2.45) is 5.92 Å². The fraction of sp³-hybridized carbons (Fsp3) is 0.231. The number of aliphatic hydroxyl groups is 2. The molecule has 1 atom stereocenters. The molecule has 0 spiro atoms. The maximum Gasteiger partial charge on any atom is 0.235 e. The molecule has 4 nitrogen and oxygen atoms in total. The van der Waals surface area contributed by atoms with Crippen LogP contribution in [0.3, 0.4) is 0 Å². The molecule has 0 radical (unpaired) electrons. The van der Waals surface area contributed by atoms with Crippen LogP contribution in [-0.4, -0.2) is 26.8 Å². The molecule has 1 aliphatic carbocycles. The van der Waals surface area contributed by atoms with Gasteiger partial charge in [0.25, 0.3) is 0 Å². The lowest BCUT2D eigenvalue weighted by atomic mass is 10.1. The molecule has 1 aromatic heterocycles. The Bertz CT molecular complexity index is 606. The number of rotatable bonds is 2. The lowest BCUT2D eigenvalue weighted by Crippen LogP contribution is -2.11. The van der Waals surface area contributed by atoms with Gasteiger partial charge in [0, 0.05) is 17.5 Å². The molecule has 1 saturated carbocycles. The van der Waals surface area contributed by atoms with E-state index in [4.69, 9.17) is 0 Å². The second-order valence-electron chi connectivity index (χ2n) is 4.34. The van der Waals surface area contributed by atoms with E-state index in [1.165, 1.54) is 0 Å². The number of carbonyl (C=O) groups excluding carboxylic acids is 1. The largest absolute Gasteiger partial charge is 0.359 e. The summed E-state index contributed by atoms with van der Waals surface area (Å²) in [5.74, 6) is -3.38. The van der Waals surface area contributed by atoms with Crippen LogP contribution < -0.4 is 0 Å². The van der Waals surface area contributed by atoms with Crippen molar-refractivity contribution in [3.05, 3.63) is 42.1 Å². The van der Waals surface area contributed by atoms with E-state index >= 15 is 0 Å². The Labute approximate surface area is 97.5 Å². The predicted octanol–water partition coefficient (Wildman–Crippen LogP) is 0.657. The van der Waals surface area contributed by atoms with Crippen molar-refractivity contribution in [1.82, 2.24) is 4.98 Å². The molecular formula is C13H11NO3. The van der Waals surface area contributed by atoms with Crippen molar-refractivity contribution >= 4 is 16.7 Å². The third-order valence-corrected chi connectivity index (χ3v) is 3.15. The van der Waals surface area contributed by atoms with Crippen molar-refractivity contribution in [3.63, 3.8) is 0 Å². The predicted molar refractivity (Wildman–Crippen MR) is 61.1 cm³/mol. The topological polar surface area (TPSA) is 70.4 Å². The standard InChI is InChI=1S/C13H11NO3/c15-12-10(13(12,16)17)7-9-6-5-8-3-1-2-4-11(8)14-9/h1-6,10,16-17H,7H2. The third-order valence-electron chi connectivity index (χ3n) is 3.15. The SMILES string of the molecule is O=C1C(Cc2ccc3ccccc3n2)C1(O)O. The molecule has 0 aliphatic heterocycles. The molecule has 3 rings (SSSR count). The summed E-state index contributed by atoms with van der Waals surface area (Å²) in [6.07, 6.45) is 0.274. The quantitative estimate of drug-likeness (QED) is 0.742. The number of benzene rings is 1. The van der Waals surface area contributed by atoms with E-state index in [1.807, 2.05) is 36.4 Å².